The summed E-state index contributed by atoms with van der Waals surface area (Å²) in [6.45, 7) is 3.69. The SMILES string of the molecule is CC(=O)Nc1ccc(S(=O)(=O)NCC(=O)OCC(=O)N2CCC[C@H](C)C2)cc1. The zero-order valence-electron chi connectivity index (χ0n) is 15.9. The number of hydrogen-bond donors (Lipinski definition) is 2. The topological polar surface area (TPSA) is 122 Å². The maximum absolute atomic E-state index is 12.2. The number of nitrogens with one attached hydrogen (secondary N) is 2. The molecule has 0 aromatic heterocycles. The van der Waals surface area contributed by atoms with Crippen LogP contribution in [0.3, 0.4) is 0 Å². The second kappa shape index (κ2) is 9.65. The predicted molar refractivity (Wildman–Crippen MR) is 102 cm³/mol. The van der Waals surface area contributed by atoms with E-state index >= 15 is 0 Å². The Bertz CT molecular complexity index is 822. The van der Waals surface area contributed by atoms with Crippen molar-refractivity contribution in [3.05, 3.63) is 24.3 Å². The number of rotatable bonds is 7. The molecule has 0 spiro atoms. The molecule has 9 nitrogen and oxygen atoms in total. The highest BCUT2D eigenvalue weighted by Gasteiger charge is 2.22. The minimum atomic E-state index is -3.93. The Morgan fingerprint density at radius 1 is 1.21 bits per heavy atom. The molecule has 1 fully saturated rings. The summed E-state index contributed by atoms with van der Waals surface area (Å²) in [5.41, 5.74) is 0.455. The maximum atomic E-state index is 12.2. The zero-order chi connectivity index (χ0) is 20.7. The molecule has 0 saturated carbocycles. The molecule has 1 aliphatic heterocycles. The van der Waals surface area contributed by atoms with E-state index < -0.39 is 29.1 Å². The molecule has 2 amide bonds. The Morgan fingerprint density at radius 2 is 1.89 bits per heavy atom. The van der Waals surface area contributed by atoms with Crippen molar-refractivity contribution < 1.29 is 27.5 Å². The van der Waals surface area contributed by atoms with E-state index in [9.17, 15) is 22.8 Å². The van der Waals surface area contributed by atoms with Crippen LogP contribution in [0, 0.1) is 5.92 Å². The third kappa shape index (κ3) is 6.61. The van der Waals surface area contributed by atoms with Crippen LogP contribution in [0.4, 0.5) is 5.69 Å². The largest absolute Gasteiger partial charge is 0.455 e. The van der Waals surface area contributed by atoms with Gasteiger partial charge in [-0.15, -0.1) is 0 Å². The van der Waals surface area contributed by atoms with Crippen LogP contribution in [0.5, 0.6) is 0 Å². The highest BCUT2D eigenvalue weighted by atomic mass is 32.2. The molecule has 2 N–H and O–H groups in total. The fourth-order valence-corrected chi connectivity index (χ4v) is 3.83. The van der Waals surface area contributed by atoms with Crippen molar-refractivity contribution in [3.63, 3.8) is 0 Å². The van der Waals surface area contributed by atoms with Crippen LogP contribution in [0.15, 0.2) is 29.2 Å². The highest BCUT2D eigenvalue weighted by molar-refractivity contribution is 7.89. The minimum Gasteiger partial charge on any atom is -0.455 e. The Hall–Kier alpha value is -2.46. The lowest BCUT2D eigenvalue weighted by molar-refractivity contribution is -0.151. The summed E-state index contributed by atoms with van der Waals surface area (Å²) in [6, 6.07) is 5.49. The number of ether oxygens (including phenoxy) is 1. The van der Waals surface area contributed by atoms with Crippen molar-refractivity contribution >= 4 is 33.5 Å². The predicted octanol–water partition coefficient (Wildman–Crippen LogP) is 0.725. The van der Waals surface area contributed by atoms with Crippen LogP contribution in [0.1, 0.15) is 26.7 Å². The standard InChI is InChI=1S/C18H25N3O6S/c1-13-4-3-9-21(11-13)17(23)12-27-18(24)10-19-28(25,26)16-7-5-15(6-8-16)20-14(2)22/h5-8,13,19H,3-4,9-12H2,1-2H3,(H,20,22)/t13-/m0/s1. The molecule has 1 heterocycles. The van der Waals surface area contributed by atoms with Gasteiger partial charge in [0.2, 0.25) is 15.9 Å². The van der Waals surface area contributed by atoms with Crippen LogP contribution >= 0.6 is 0 Å². The third-order valence-corrected chi connectivity index (χ3v) is 5.68. The van der Waals surface area contributed by atoms with Gasteiger partial charge < -0.3 is 15.0 Å². The van der Waals surface area contributed by atoms with Crippen molar-refractivity contribution in [3.8, 4) is 0 Å². The molecule has 0 radical (unpaired) electrons. The van der Waals surface area contributed by atoms with Crippen LogP contribution < -0.4 is 10.0 Å². The van der Waals surface area contributed by atoms with Crippen molar-refractivity contribution in [2.24, 2.45) is 5.92 Å². The molecular formula is C18H25N3O6S. The van der Waals surface area contributed by atoms with Gasteiger partial charge in [0.25, 0.3) is 5.91 Å². The summed E-state index contributed by atoms with van der Waals surface area (Å²) in [5, 5.41) is 2.53. The quantitative estimate of drug-likeness (QED) is 0.638. The molecule has 28 heavy (non-hydrogen) atoms. The summed E-state index contributed by atoms with van der Waals surface area (Å²) in [6.07, 6.45) is 1.98. The van der Waals surface area contributed by atoms with Gasteiger partial charge in [0.1, 0.15) is 6.54 Å². The molecule has 154 valence electrons. The van der Waals surface area contributed by atoms with Gasteiger partial charge in [0.05, 0.1) is 4.90 Å². The first-order valence-corrected chi connectivity index (χ1v) is 10.5. The second-order valence-corrected chi connectivity index (χ2v) is 8.54. The number of likely N-dealkylation sites (tertiary alicyclic amines) is 1. The van der Waals surface area contributed by atoms with Gasteiger partial charge in [-0.1, -0.05) is 6.92 Å². The Balaban J connectivity index is 1.80. The lowest BCUT2D eigenvalue weighted by Gasteiger charge is -2.30. The van der Waals surface area contributed by atoms with Crippen molar-refractivity contribution in [2.75, 3.05) is 31.6 Å². The van der Waals surface area contributed by atoms with Crippen molar-refractivity contribution in [2.45, 2.75) is 31.6 Å². The average Bonchev–Trinajstić information content (AvgIpc) is 2.64. The molecule has 0 aliphatic carbocycles. The summed E-state index contributed by atoms with van der Waals surface area (Å²) in [4.78, 5) is 36.4. The first-order valence-electron chi connectivity index (χ1n) is 8.98. The molecule has 2 rings (SSSR count). The number of amides is 2. The summed E-state index contributed by atoms with van der Waals surface area (Å²) in [5.74, 6) is -0.976. The lowest BCUT2D eigenvalue weighted by Crippen LogP contribution is -2.42. The second-order valence-electron chi connectivity index (χ2n) is 6.78. The molecule has 0 unspecified atom stereocenters. The first-order chi connectivity index (χ1) is 13.2. The number of piperidine rings is 1. The molecule has 1 saturated heterocycles. The van der Waals surface area contributed by atoms with E-state index in [1.807, 2.05) is 0 Å². The smallest absolute Gasteiger partial charge is 0.321 e. The Morgan fingerprint density at radius 3 is 2.50 bits per heavy atom. The first kappa shape index (κ1) is 21.8. The number of carbonyl (C=O) groups excluding carboxylic acids is 3. The summed E-state index contributed by atoms with van der Waals surface area (Å²) < 4.78 is 31.4. The van der Waals surface area contributed by atoms with Gasteiger partial charge in [-0.2, -0.15) is 4.72 Å². The van der Waals surface area contributed by atoms with Gasteiger partial charge in [0, 0.05) is 25.7 Å². The average molecular weight is 411 g/mol. The highest BCUT2D eigenvalue weighted by Crippen LogP contribution is 2.16. The maximum Gasteiger partial charge on any atom is 0.321 e. The monoisotopic (exact) mass is 411 g/mol. The van der Waals surface area contributed by atoms with E-state index in [0.717, 1.165) is 12.8 Å². The van der Waals surface area contributed by atoms with Crippen molar-refractivity contribution in [1.82, 2.24) is 9.62 Å². The van der Waals surface area contributed by atoms with Gasteiger partial charge in [-0.05, 0) is 43.0 Å². The number of esters is 1. The van der Waals surface area contributed by atoms with Gasteiger partial charge in [-0.3, -0.25) is 14.4 Å². The van der Waals surface area contributed by atoms with Crippen LogP contribution in [-0.4, -0.2) is 57.3 Å². The van der Waals surface area contributed by atoms with E-state index in [-0.39, 0.29) is 16.7 Å². The van der Waals surface area contributed by atoms with Gasteiger partial charge in [0.15, 0.2) is 6.61 Å². The fraction of sp³-hybridized carbons (Fsp3) is 0.500. The molecule has 1 aromatic rings. The summed E-state index contributed by atoms with van der Waals surface area (Å²) >= 11 is 0. The molecule has 1 atom stereocenters. The van der Waals surface area contributed by atoms with Crippen LogP contribution in [0.2, 0.25) is 0 Å². The van der Waals surface area contributed by atoms with Crippen LogP contribution in [-0.2, 0) is 29.1 Å². The Labute approximate surface area is 164 Å². The molecule has 0 bridgehead atoms. The molecule has 1 aromatic carbocycles. The molecule has 1 aliphatic rings. The minimum absolute atomic E-state index is 0.0622. The normalized spacial score (nSPS) is 17.1. The molecular weight excluding hydrogens is 386 g/mol. The number of benzene rings is 1. The summed E-state index contributed by atoms with van der Waals surface area (Å²) in [7, 11) is -3.93. The number of anilines is 1. The number of nitrogens with zero attached hydrogens (tertiary/aromatic N) is 1. The molecule has 10 heteroatoms. The van der Waals surface area contributed by atoms with E-state index in [4.69, 9.17) is 4.74 Å². The number of sulfonamides is 1. The van der Waals surface area contributed by atoms with E-state index in [0.29, 0.717) is 24.7 Å². The van der Waals surface area contributed by atoms with Gasteiger partial charge in [-0.25, -0.2) is 8.42 Å². The Kier molecular flexibility index (Phi) is 7.53. The number of hydrogen-bond acceptors (Lipinski definition) is 6. The van der Waals surface area contributed by atoms with E-state index in [1.54, 1.807) is 4.90 Å². The van der Waals surface area contributed by atoms with E-state index in [2.05, 4.69) is 17.0 Å². The van der Waals surface area contributed by atoms with Crippen LogP contribution in [0.25, 0.3) is 0 Å². The lowest BCUT2D eigenvalue weighted by atomic mass is 10.0. The van der Waals surface area contributed by atoms with E-state index in [1.165, 1.54) is 31.2 Å². The fourth-order valence-electron chi connectivity index (χ4n) is 2.86. The third-order valence-electron chi connectivity index (χ3n) is 4.26. The van der Waals surface area contributed by atoms with Crippen molar-refractivity contribution in [1.29, 1.82) is 0 Å². The van der Waals surface area contributed by atoms with Gasteiger partial charge >= 0.3 is 5.97 Å². The number of carbonyl (C=O) groups is 3. The zero-order valence-corrected chi connectivity index (χ0v) is 16.8.